The Morgan fingerprint density at radius 3 is 2.77 bits per heavy atom. The minimum Gasteiger partial charge on any atom is -0.335 e. The molecule has 2 aromatic heterocycles. The number of aromatic amines is 1. The van der Waals surface area contributed by atoms with Gasteiger partial charge in [0.15, 0.2) is 0 Å². The fraction of sp³-hybridized carbons (Fsp3) is 0.278. The van der Waals surface area contributed by atoms with Gasteiger partial charge < -0.3 is 10.3 Å². The molecule has 7 nitrogen and oxygen atoms in total. The summed E-state index contributed by atoms with van der Waals surface area (Å²) >= 11 is 0. The molecular formula is C18H21N5O2S. The molecule has 0 amide bonds. The van der Waals surface area contributed by atoms with Crippen LogP contribution in [0.1, 0.15) is 19.4 Å². The zero-order valence-corrected chi connectivity index (χ0v) is 15.8. The van der Waals surface area contributed by atoms with Crippen LogP contribution < -0.4 is 10.9 Å². The molecule has 0 fully saturated rings. The van der Waals surface area contributed by atoms with E-state index in [1.54, 1.807) is 30.7 Å². The number of pyridine rings is 1. The molecule has 26 heavy (non-hydrogen) atoms. The zero-order chi connectivity index (χ0) is 18.7. The second kappa shape index (κ2) is 7.25. The molecule has 2 heterocycles. The maximum atomic E-state index is 12.4. The Bertz CT molecular complexity index is 1130. The van der Waals surface area contributed by atoms with Crippen LogP contribution in [0.15, 0.2) is 45.9 Å². The normalized spacial score (nSPS) is 13.3. The van der Waals surface area contributed by atoms with E-state index in [2.05, 4.69) is 24.6 Å². The highest BCUT2D eigenvalue weighted by atomic mass is 32.2. The van der Waals surface area contributed by atoms with E-state index in [-0.39, 0.29) is 5.56 Å². The summed E-state index contributed by atoms with van der Waals surface area (Å²) in [6.07, 6.45) is 5.39. The maximum absolute atomic E-state index is 12.4. The van der Waals surface area contributed by atoms with Crippen LogP contribution in [-0.2, 0) is 16.1 Å². The Labute approximate surface area is 152 Å². The van der Waals surface area contributed by atoms with E-state index in [1.807, 2.05) is 19.9 Å². The lowest BCUT2D eigenvalue weighted by Gasteiger charge is -2.12. The van der Waals surface area contributed by atoms with Crippen LogP contribution >= 0.6 is 0 Å². The van der Waals surface area contributed by atoms with Gasteiger partial charge in [0.25, 0.3) is 5.56 Å². The predicted octanol–water partition coefficient (Wildman–Crippen LogP) is 3.37. The summed E-state index contributed by atoms with van der Waals surface area (Å²) in [5.41, 5.74) is 2.50. The smallest absolute Gasteiger partial charge is 0.271 e. The highest BCUT2D eigenvalue weighted by molar-refractivity contribution is 7.93. The summed E-state index contributed by atoms with van der Waals surface area (Å²) < 4.78 is 16.7. The fourth-order valence-corrected chi connectivity index (χ4v) is 3.30. The molecule has 0 aliphatic rings. The topological polar surface area (TPSA) is 100 Å². The largest absolute Gasteiger partial charge is 0.335 e. The van der Waals surface area contributed by atoms with Gasteiger partial charge in [0.1, 0.15) is 17.8 Å². The minimum atomic E-state index is -2.26. The van der Waals surface area contributed by atoms with Crippen LogP contribution in [-0.4, -0.2) is 31.2 Å². The van der Waals surface area contributed by atoms with E-state index in [9.17, 15) is 9.00 Å². The Morgan fingerprint density at radius 2 is 2.08 bits per heavy atom. The third kappa shape index (κ3) is 3.75. The van der Waals surface area contributed by atoms with Crippen molar-refractivity contribution in [1.29, 1.82) is 0 Å². The van der Waals surface area contributed by atoms with E-state index in [1.165, 1.54) is 6.33 Å². The summed E-state index contributed by atoms with van der Waals surface area (Å²) in [7, 11) is -2.26. The molecule has 1 aromatic carbocycles. The third-order valence-corrected chi connectivity index (χ3v) is 5.76. The Kier molecular flexibility index (Phi) is 5.03. The highest BCUT2D eigenvalue weighted by Crippen LogP contribution is 2.30. The van der Waals surface area contributed by atoms with Crippen molar-refractivity contribution in [2.45, 2.75) is 20.3 Å². The average molecular weight is 371 g/mol. The van der Waals surface area contributed by atoms with Crippen LogP contribution in [0.5, 0.6) is 0 Å². The van der Waals surface area contributed by atoms with E-state index in [0.29, 0.717) is 28.5 Å². The number of nitrogens with one attached hydrogen (secondary N) is 2. The number of aromatic nitrogens is 3. The van der Waals surface area contributed by atoms with Crippen molar-refractivity contribution in [1.82, 2.24) is 15.0 Å². The van der Waals surface area contributed by atoms with E-state index >= 15 is 0 Å². The number of rotatable bonds is 5. The van der Waals surface area contributed by atoms with Crippen LogP contribution in [0, 0.1) is 0 Å². The van der Waals surface area contributed by atoms with Crippen LogP contribution in [0.25, 0.3) is 10.9 Å². The monoisotopic (exact) mass is 371 g/mol. The van der Waals surface area contributed by atoms with Crippen molar-refractivity contribution in [3.05, 3.63) is 52.7 Å². The molecule has 2 N–H and O–H groups in total. The molecule has 0 spiro atoms. The first kappa shape index (κ1) is 18.1. The predicted molar refractivity (Wildman–Crippen MR) is 106 cm³/mol. The molecule has 3 aromatic rings. The summed E-state index contributed by atoms with van der Waals surface area (Å²) in [5.74, 6) is 1.04. The van der Waals surface area contributed by atoms with Gasteiger partial charge in [-0.1, -0.05) is 13.8 Å². The minimum absolute atomic E-state index is 0.224. The molecular weight excluding hydrogens is 350 g/mol. The second-order valence-corrected chi connectivity index (χ2v) is 8.63. The zero-order valence-electron chi connectivity index (χ0n) is 14.9. The quantitative estimate of drug-likeness (QED) is 0.716. The summed E-state index contributed by atoms with van der Waals surface area (Å²) in [6, 6.07) is 7.14. The maximum Gasteiger partial charge on any atom is 0.271 e. The summed E-state index contributed by atoms with van der Waals surface area (Å²) in [5, 5.41) is 3.92. The number of fused-ring (bicyclic) bond motifs is 1. The van der Waals surface area contributed by atoms with E-state index < -0.39 is 9.73 Å². The van der Waals surface area contributed by atoms with Gasteiger partial charge in [0.2, 0.25) is 0 Å². The van der Waals surface area contributed by atoms with Gasteiger partial charge in [-0.25, -0.2) is 14.2 Å². The summed E-state index contributed by atoms with van der Waals surface area (Å²) in [6.45, 7) is 3.88. The first-order valence-corrected chi connectivity index (χ1v) is 10.4. The Hall–Kier alpha value is -2.74. The lowest BCUT2D eigenvalue weighted by molar-refractivity contribution is 0.681. The van der Waals surface area contributed by atoms with Crippen molar-refractivity contribution >= 4 is 37.8 Å². The van der Waals surface area contributed by atoms with Crippen molar-refractivity contribution < 1.29 is 4.21 Å². The number of nitrogens with zero attached hydrogens (tertiary/aromatic N) is 3. The van der Waals surface area contributed by atoms with E-state index in [0.717, 1.165) is 17.4 Å². The molecule has 1 unspecified atom stereocenters. The molecule has 0 aliphatic heterocycles. The number of H-pyrrole nitrogens is 1. The van der Waals surface area contributed by atoms with Gasteiger partial charge in [0, 0.05) is 33.3 Å². The second-order valence-electron chi connectivity index (χ2n) is 5.95. The first-order valence-electron chi connectivity index (χ1n) is 8.35. The molecule has 0 saturated carbocycles. The standard InChI is InChI=1S/C18H21N5O2S/c1-4-12-9-13(23-26(3,25)5-2)10-15-16(12)17(21-11-20-15)22-14-7-6-8-19-18(14)24/h6-11H,4-5H2,1-3H3,(H,19,24)(H,20,21,22). The number of anilines is 2. The number of hydrogen-bond acceptors (Lipinski definition) is 6. The van der Waals surface area contributed by atoms with Crippen molar-refractivity contribution in [3.8, 4) is 0 Å². The molecule has 3 rings (SSSR count). The van der Waals surface area contributed by atoms with Crippen molar-refractivity contribution in [2.75, 3.05) is 17.3 Å². The van der Waals surface area contributed by atoms with Gasteiger partial charge in [-0.15, -0.1) is 0 Å². The SMILES string of the molecule is CCc1cc(N=S(C)(=O)CC)cc2ncnc(Nc3ccc[nH]c3=O)c12. The number of benzene rings is 1. The van der Waals surface area contributed by atoms with Gasteiger partial charge in [0.05, 0.1) is 11.2 Å². The van der Waals surface area contributed by atoms with Crippen molar-refractivity contribution in [2.24, 2.45) is 4.36 Å². The first-order chi connectivity index (χ1) is 12.4. The summed E-state index contributed by atoms with van der Waals surface area (Å²) in [4.78, 5) is 23.2. The Morgan fingerprint density at radius 1 is 1.27 bits per heavy atom. The molecule has 136 valence electrons. The van der Waals surface area contributed by atoms with Crippen LogP contribution in [0.4, 0.5) is 17.2 Å². The van der Waals surface area contributed by atoms with Crippen LogP contribution in [0.2, 0.25) is 0 Å². The molecule has 1 atom stereocenters. The Balaban J connectivity index is 2.18. The van der Waals surface area contributed by atoms with E-state index in [4.69, 9.17) is 0 Å². The third-order valence-electron chi connectivity index (χ3n) is 4.09. The van der Waals surface area contributed by atoms with Gasteiger partial charge >= 0.3 is 0 Å². The lowest BCUT2D eigenvalue weighted by Crippen LogP contribution is -2.11. The van der Waals surface area contributed by atoms with Gasteiger partial charge in [-0.3, -0.25) is 4.79 Å². The van der Waals surface area contributed by atoms with Gasteiger partial charge in [-0.2, -0.15) is 4.36 Å². The lowest BCUT2D eigenvalue weighted by atomic mass is 10.1. The molecule has 8 heteroatoms. The number of hydrogen-bond donors (Lipinski definition) is 2. The van der Waals surface area contributed by atoms with Gasteiger partial charge in [-0.05, 0) is 36.2 Å². The highest BCUT2D eigenvalue weighted by Gasteiger charge is 2.12. The van der Waals surface area contributed by atoms with Crippen molar-refractivity contribution in [3.63, 3.8) is 0 Å². The molecule has 0 bridgehead atoms. The average Bonchev–Trinajstić information content (AvgIpc) is 2.62. The number of aryl methyl sites for hydroxylation is 1. The fourth-order valence-electron chi connectivity index (χ4n) is 2.62. The molecule has 0 aliphatic carbocycles. The molecule has 0 radical (unpaired) electrons. The van der Waals surface area contributed by atoms with Crippen LogP contribution in [0.3, 0.4) is 0 Å². The molecule has 0 saturated heterocycles.